The normalized spacial score (nSPS) is 19.8. The van der Waals surface area contributed by atoms with Gasteiger partial charge in [0.05, 0.1) is 37.2 Å². The predicted octanol–water partition coefficient (Wildman–Crippen LogP) is 8.61. The van der Waals surface area contributed by atoms with Crippen LogP contribution in [0.4, 0.5) is 11.6 Å². The fraction of sp³-hybridized carbons (Fsp3) is 0.500. The molecule has 10 rings (SSSR count). The molecule has 4 fully saturated rings. The third kappa shape index (κ3) is 10.4. The lowest BCUT2D eigenvalue weighted by atomic mass is 9.97. The van der Waals surface area contributed by atoms with Gasteiger partial charge in [-0.15, -0.1) is 22.7 Å². The molecule has 0 N–H and O–H groups in total. The van der Waals surface area contributed by atoms with E-state index >= 15 is 0 Å². The molecule has 1 atom stereocenters. The Kier molecular flexibility index (Phi) is 14.4. The number of aromatic nitrogens is 4. The molecule has 4 aliphatic rings. The molecule has 4 aliphatic heterocycles. The number of fused-ring (bicyclic) bond motifs is 2. The number of nitrogens with zero attached hydrogens (tertiary/aromatic N) is 8. The topological polar surface area (TPSA) is 92.2 Å². The van der Waals surface area contributed by atoms with Gasteiger partial charge in [0, 0.05) is 87.0 Å². The molecule has 8 heterocycles. The van der Waals surface area contributed by atoms with Crippen molar-refractivity contribution in [2.24, 2.45) is 11.8 Å². The van der Waals surface area contributed by atoms with Crippen molar-refractivity contribution in [2.45, 2.75) is 44.6 Å². The standard InChI is InChI=1S/C24H30N4O2S.C24H30N4OS/c1-2-4-20(5-3-1)21-17-31-24-22(21)23(25-18-26-24)28-8-6-19(7-9-28)16-30-15-12-27-10-13-29-14-11-27;1-27-11-5-8-20(27)15-29-14-18-9-12-28(13-10-18)23-22-21(19-6-3-2-4-7-19)16-30-24(22)26-17-25-23/h1-5,17-19H,6-16H2;2-4,6-7,16-18,20H,5,8-15H2,1H3. The zero-order valence-corrected chi connectivity index (χ0v) is 37.2. The molecule has 61 heavy (non-hydrogen) atoms. The van der Waals surface area contributed by atoms with Gasteiger partial charge in [-0.1, -0.05) is 60.7 Å². The van der Waals surface area contributed by atoms with Crippen LogP contribution in [0.5, 0.6) is 0 Å². The van der Waals surface area contributed by atoms with Gasteiger partial charge in [0.2, 0.25) is 0 Å². The lowest BCUT2D eigenvalue weighted by molar-refractivity contribution is 0.0144. The van der Waals surface area contributed by atoms with Gasteiger partial charge in [0.15, 0.2) is 0 Å². The Bertz CT molecular complexity index is 2250. The molecular formula is C48H60N8O3S2. The first kappa shape index (κ1) is 42.2. The maximum atomic E-state index is 6.12. The summed E-state index contributed by atoms with van der Waals surface area (Å²) in [7, 11) is 2.22. The molecule has 13 heteroatoms. The summed E-state index contributed by atoms with van der Waals surface area (Å²) >= 11 is 3.41. The SMILES string of the molecule is CN1CCCC1COCC1CCN(c2ncnc3scc(-c4ccccc4)c23)CC1.c1ccc(-c2csc3ncnc(N4CCC(COCCN5CCOCC5)CC4)c23)cc1. The number of likely N-dealkylation sites (N-methyl/N-ethyl adjacent to an activating group) is 1. The van der Waals surface area contributed by atoms with Crippen LogP contribution >= 0.6 is 22.7 Å². The van der Waals surface area contributed by atoms with Crippen LogP contribution < -0.4 is 9.80 Å². The van der Waals surface area contributed by atoms with Crippen molar-refractivity contribution >= 4 is 54.7 Å². The molecule has 1 unspecified atom stereocenters. The van der Waals surface area contributed by atoms with Gasteiger partial charge in [-0.3, -0.25) is 4.90 Å². The van der Waals surface area contributed by atoms with Gasteiger partial charge >= 0.3 is 0 Å². The van der Waals surface area contributed by atoms with Gasteiger partial charge in [0.1, 0.15) is 34.0 Å². The molecule has 2 aromatic carbocycles. The van der Waals surface area contributed by atoms with Crippen LogP contribution in [0.1, 0.15) is 38.5 Å². The first-order valence-electron chi connectivity index (χ1n) is 22.4. The van der Waals surface area contributed by atoms with E-state index in [-0.39, 0.29) is 0 Å². The molecule has 4 saturated heterocycles. The third-order valence-electron chi connectivity index (χ3n) is 13.0. The fourth-order valence-corrected chi connectivity index (χ4v) is 11.1. The Hall–Kier alpha value is -4.08. The van der Waals surface area contributed by atoms with E-state index in [0.29, 0.717) is 17.9 Å². The first-order chi connectivity index (χ1) is 30.2. The lowest BCUT2D eigenvalue weighted by Crippen LogP contribution is -2.39. The van der Waals surface area contributed by atoms with Crippen LogP contribution in [0.15, 0.2) is 84.1 Å². The van der Waals surface area contributed by atoms with Crippen molar-refractivity contribution in [3.05, 3.63) is 84.1 Å². The third-order valence-corrected chi connectivity index (χ3v) is 14.8. The van der Waals surface area contributed by atoms with Crippen molar-refractivity contribution in [2.75, 3.05) is 109 Å². The Morgan fingerprint density at radius 3 is 1.64 bits per heavy atom. The summed E-state index contributed by atoms with van der Waals surface area (Å²) in [6.07, 6.45) is 10.6. The number of hydrogen-bond donors (Lipinski definition) is 0. The predicted molar refractivity (Wildman–Crippen MR) is 250 cm³/mol. The van der Waals surface area contributed by atoms with E-state index in [2.05, 4.69) is 108 Å². The Labute approximate surface area is 368 Å². The van der Waals surface area contributed by atoms with Crippen molar-refractivity contribution in [3.63, 3.8) is 0 Å². The second-order valence-electron chi connectivity index (χ2n) is 17.0. The molecular weight excluding hydrogens is 801 g/mol. The van der Waals surface area contributed by atoms with Gasteiger partial charge in [-0.25, -0.2) is 19.9 Å². The average Bonchev–Trinajstić information content (AvgIpc) is 4.08. The number of benzene rings is 2. The van der Waals surface area contributed by atoms with Crippen molar-refractivity contribution in [3.8, 4) is 22.3 Å². The minimum Gasteiger partial charge on any atom is -0.380 e. The maximum absolute atomic E-state index is 6.12. The van der Waals surface area contributed by atoms with E-state index in [1.54, 1.807) is 35.3 Å². The van der Waals surface area contributed by atoms with Gasteiger partial charge in [-0.05, 0) is 75.1 Å². The van der Waals surface area contributed by atoms with E-state index in [4.69, 9.17) is 24.2 Å². The number of hydrogen-bond acceptors (Lipinski definition) is 13. The largest absolute Gasteiger partial charge is 0.380 e. The summed E-state index contributed by atoms with van der Waals surface area (Å²) in [5.74, 6) is 3.46. The van der Waals surface area contributed by atoms with Crippen LogP contribution in [0.2, 0.25) is 0 Å². The number of thiophene rings is 2. The molecule has 0 aliphatic carbocycles. The molecule has 322 valence electrons. The second kappa shape index (κ2) is 20.9. The van der Waals surface area contributed by atoms with Gasteiger partial charge in [0.25, 0.3) is 0 Å². The molecule has 0 amide bonds. The fourth-order valence-electron chi connectivity index (χ4n) is 9.31. The highest BCUT2D eigenvalue weighted by Gasteiger charge is 2.27. The highest BCUT2D eigenvalue weighted by Crippen LogP contribution is 2.40. The minimum atomic E-state index is 0.620. The number of morpholine rings is 1. The quantitative estimate of drug-likeness (QED) is 0.105. The number of anilines is 2. The maximum Gasteiger partial charge on any atom is 0.141 e. The number of piperidine rings is 2. The summed E-state index contributed by atoms with van der Waals surface area (Å²) in [4.78, 5) is 30.4. The zero-order chi connectivity index (χ0) is 41.2. The highest BCUT2D eigenvalue weighted by atomic mass is 32.1. The molecule has 11 nitrogen and oxygen atoms in total. The molecule has 0 radical (unpaired) electrons. The van der Waals surface area contributed by atoms with Crippen LogP contribution in [0, 0.1) is 11.8 Å². The smallest absolute Gasteiger partial charge is 0.141 e. The summed E-state index contributed by atoms with van der Waals surface area (Å²) in [5, 5.41) is 6.83. The summed E-state index contributed by atoms with van der Waals surface area (Å²) in [6.45, 7) is 13.6. The highest BCUT2D eigenvalue weighted by molar-refractivity contribution is 7.17. The monoisotopic (exact) mass is 860 g/mol. The van der Waals surface area contributed by atoms with Crippen LogP contribution in [0.25, 0.3) is 42.7 Å². The number of likely N-dealkylation sites (tertiary alicyclic amines) is 1. The number of ether oxygens (including phenoxy) is 3. The minimum absolute atomic E-state index is 0.620. The van der Waals surface area contributed by atoms with Gasteiger partial charge in [-0.2, -0.15) is 0 Å². The van der Waals surface area contributed by atoms with Crippen molar-refractivity contribution in [1.82, 2.24) is 29.7 Å². The number of rotatable bonds is 13. The van der Waals surface area contributed by atoms with E-state index in [0.717, 1.165) is 132 Å². The molecule has 0 spiro atoms. The average molecular weight is 861 g/mol. The molecule has 4 aromatic heterocycles. The van der Waals surface area contributed by atoms with E-state index in [1.807, 2.05) is 0 Å². The molecule has 0 saturated carbocycles. The van der Waals surface area contributed by atoms with E-state index in [1.165, 1.54) is 52.4 Å². The second-order valence-corrected chi connectivity index (χ2v) is 18.7. The Morgan fingerprint density at radius 1 is 0.607 bits per heavy atom. The zero-order valence-electron chi connectivity index (χ0n) is 35.6. The molecule has 6 aromatic rings. The summed E-state index contributed by atoms with van der Waals surface area (Å²) < 4.78 is 17.6. The lowest BCUT2D eigenvalue weighted by Gasteiger charge is -2.33. The van der Waals surface area contributed by atoms with Crippen LogP contribution in [-0.2, 0) is 14.2 Å². The van der Waals surface area contributed by atoms with Crippen molar-refractivity contribution in [1.29, 1.82) is 0 Å². The summed E-state index contributed by atoms with van der Waals surface area (Å²) in [5.41, 5.74) is 4.95. The van der Waals surface area contributed by atoms with Gasteiger partial charge < -0.3 is 28.9 Å². The van der Waals surface area contributed by atoms with Crippen molar-refractivity contribution < 1.29 is 14.2 Å². The first-order valence-corrected chi connectivity index (χ1v) is 24.1. The van der Waals surface area contributed by atoms with Crippen LogP contribution in [0.3, 0.4) is 0 Å². The Balaban J connectivity index is 0.000000156. The van der Waals surface area contributed by atoms with Crippen LogP contribution in [-0.4, -0.2) is 135 Å². The Morgan fingerprint density at radius 2 is 1.13 bits per heavy atom. The van der Waals surface area contributed by atoms with E-state index in [9.17, 15) is 0 Å². The van der Waals surface area contributed by atoms with E-state index < -0.39 is 0 Å². The summed E-state index contributed by atoms with van der Waals surface area (Å²) in [6, 6.07) is 21.8. The molecule has 0 bridgehead atoms.